The molecular formula is C15H21N3O5S. The van der Waals surface area contributed by atoms with Crippen LogP contribution in [-0.2, 0) is 14.6 Å². The van der Waals surface area contributed by atoms with E-state index in [4.69, 9.17) is 4.74 Å². The number of ether oxygens (including phenoxy) is 1. The zero-order valence-electron chi connectivity index (χ0n) is 13.4. The van der Waals surface area contributed by atoms with E-state index < -0.39 is 15.9 Å². The summed E-state index contributed by atoms with van der Waals surface area (Å²) in [5.74, 6) is 0.532. The fraction of sp³-hybridized carbons (Fsp3) is 0.467. The predicted octanol–water partition coefficient (Wildman–Crippen LogP) is 0.510. The highest BCUT2D eigenvalue weighted by atomic mass is 32.2. The van der Waals surface area contributed by atoms with Crippen molar-refractivity contribution in [2.75, 3.05) is 30.5 Å². The Bertz CT molecular complexity index is 688. The van der Waals surface area contributed by atoms with Crippen molar-refractivity contribution in [1.82, 2.24) is 10.6 Å². The van der Waals surface area contributed by atoms with E-state index in [0.29, 0.717) is 17.9 Å². The molecule has 1 heterocycles. The first-order chi connectivity index (χ1) is 11.4. The lowest BCUT2D eigenvalue weighted by atomic mass is 10.3. The molecule has 8 nitrogen and oxygen atoms in total. The van der Waals surface area contributed by atoms with E-state index in [9.17, 15) is 18.0 Å². The SMILES string of the molecule is COc1ccc(NC(=O)CCNC(=O)NC2CCS(=O)(=O)C2)cc1. The van der Waals surface area contributed by atoms with Gasteiger partial charge < -0.3 is 20.7 Å². The van der Waals surface area contributed by atoms with Crippen LogP contribution in [0.25, 0.3) is 0 Å². The number of hydrogen-bond acceptors (Lipinski definition) is 5. The van der Waals surface area contributed by atoms with Gasteiger partial charge in [-0.15, -0.1) is 0 Å². The third kappa shape index (κ3) is 5.73. The Morgan fingerprint density at radius 2 is 1.96 bits per heavy atom. The molecule has 1 fully saturated rings. The molecule has 9 heteroatoms. The Balaban J connectivity index is 1.65. The summed E-state index contributed by atoms with van der Waals surface area (Å²) in [6, 6.07) is 6.08. The lowest BCUT2D eigenvalue weighted by Crippen LogP contribution is -2.43. The van der Waals surface area contributed by atoms with Gasteiger partial charge in [0.05, 0.1) is 18.6 Å². The van der Waals surface area contributed by atoms with Gasteiger partial charge in [-0.05, 0) is 30.7 Å². The van der Waals surface area contributed by atoms with E-state index in [-0.39, 0.29) is 36.4 Å². The number of sulfone groups is 1. The van der Waals surface area contributed by atoms with Gasteiger partial charge in [0.15, 0.2) is 9.84 Å². The minimum Gasteiger partial charge on any atom is -0.497 e. The molecule has 1 aliphatic heterocycles. The van der Waals surface area contributed by atoms with Crippen LogP contribution in [0.2, 0.25) is 0 Å². The molecule has 1 aromatic rings. The molecule has 1 saturated heterocycles. The molecule has 0 aliphatic carbocycles. The van der Waals surface area contributed by atoms with Crippen molar-refractivity contribution in [3.63, 3.8) is 0 Å². The van der Waals surface area contributed by atoms with Crippen molar-refractivity contribution in [3.8, 4) is 5.75 Å². The van der Waals surface area contributed by atoms with Crippen molar-refractivity contribution >= 4 is 27.5 Å². The number of methoxy groups -OCH3 is 1. The van der Waals surface area contributed by atoms with Crippen LogP contribution >= 0.6 is 0 Å². The number of benzene rings is 1. The summed E-state index contributed by atoms with van der Waals surface area (Å²) < 4.78 is 27.6. The average Bonchev–Trinajstić information content (AvgIpc) is 2.86. The zero-order chi connectivity index (χ0) is 17.6. The molecule has 0 saturated carbocycles. The van der Waals surface area contributed by atoms with E-state index >= 15 is 0 Å². The van der Waals surface area contributed by atoms with E-state index in [2.05, 4.69) is 16.0 Å². The van der Waals surface area contributed by atoms with E-state index in [0.717, 1.165) is 0 Å². The van der Waals surface area contributed by atoms with Crippen LogP contribution in [0.15, 0.2) is 24.3 Å². The van der Waals surface area contributed by atoms with Crippen LogP contribution in [-0.4, -0.2) is 51.6 Å². The van der Waals surface area contributed by atoms with Crippen molar-refractivity contribution in [2.24, 2.45) is 0 Å². The topological polar surface area (TPSA) is 114 Å². The Kier molecular flexibility index (Phi) is 6.02. The molecule has 1 atom stereocenters. The lowest BCUT2D eigenvalue weighted by molar-refractivity contribution is -0.116. The second-order valence-electron chi connectivity index (χ2n) is 5.53. The van der Waals surface area contributed by atoms with Crippen LogP contribution in [0, 0.1) is 0 Å². The summed E-state index contributed by atoms with van der Waals surface area (Å²) >= 11 is 0. The first kappa shape index (κ1) is 18.1. The highest BCUT2D eigenvalue weighted by Crippen LogP contribution is 2.15. The Hall–Kier alpha value is -2.29. The third-order valence-corrected chi connectivity index (χ3v) is 5.35. The Morgan fingerprint density at radius 1 is 1.25 bits per heavy atom. The fourth-order valence-electron chi connectivity index (χ4n) is 2.33. The lowest BCUT2D eigenvalue weighted by Gasteiger charge is -2.12. The number of hydrogen-bond donors (Lipinski definition) is 3. The summed E-state index contributed by atoms with van der Waals surface area (Å²) in [5, 5.41) is 7.85. The number of carbonyl (C=O) groups excluding carboxylic acids is 2. The largest absolute Gasteiger partial charge is 0.497 e. The number of amides is 3. The van der Waals surface area contributed by atoms with Gasteiger partial charge in [0, 0.05) is 24.7 Å². The molecular weight excluding hydrogens is 334 g/mol. The van der Waals surface area contributed by atoms with Crippen molar-refractivity contribution in [2.45, 2.75) is 18.9 Å². The number of anilines is 1. The smallest absolute Gasteiger partial charge is 0.315 e. The van der Waals surface area contributed by atoms with Gasteiger partial charge in [-0.3, -0.25) is 4.79 Å². The van der Waals surface area contributed by atoms with E-state index in [1.807, 2.05) is 0 Å². The van der Waals surface area contributed by atoms with E-state index in [1.165, 1.54) is 0 Å². The van der Waals surface area contributed by atoms with Gasteiger partial charge in [-0.2, -0.15) is 0 Å². The summed E-state index contributed by atoms with van der Waals surface area (Å²) in [6.45, 7) is 0.160. The molecule has 0 radical (unpaired) electrons. The molecule has 0 spiro atoms. The molecule has 2 rings (SSSR count). The highest BCUT2D eigenvalue weighted by molar-refractivity contribution is 7.91. The minimum absolute atomic E-state index is 0.0294. The highest BCUT2D eigenvalue weighted by Gasteiger charge is 2.28. The molecule has 0 aromatic heterocycles. The Morgan fingerprint density at radius 3 is 2.54 bits per heavy atom. The number of nitrogens with one attached hydrogen (secondary N) is 3. The Labute approximate surface area is 140 Å². The van der Waals surface area contributed by atoms with Gasteiger partial charge in [0.25, 0.3) is 0 Å². The summed E-state index contributed by atoms with van der Waals surface area (Å²) in [4.78, 5) is 23.4. The van der Waals surface area contributed by atoms with Crippen LogP contribution in [0.5, 0.6) is 5.75 Å². The third-order valence-electron chi connectivity index (χ3n) is 3.58. The molecule has 0 bridgehead atoms. The van der Waals surface area contributed by atoms with E-state index in [1.54, 1.807) is 31.4 Å². The fourth-order valence-corrected chi connectivity index (χ4v) is 4.01. The summed E-state index contributed by atoms with van der Waals surface area (Å²) in [7, 11) is -1.47. The van der Waals surface area contributed by atoms with Crippen LogP contribution in [0.4, 0.5) is 10.5 Å². The first-order valence-electron chi connectivity index (χ1n) is 7.56. The first-order valence-corrected chi connectivity index (χ1v) is 9.39. The minimum atomic E-state index is -3.03. The molecule has 1 aliphatic rings. The van der Waals surface area contributed by atoms with Crippen LogP contribution in [0.1, 0.15) is 12.8 Å². The second-order valence-corrected chi connectivity index (χ2v) is 7.76. The van der Waals surface area contributed by atoms with Gasteiger partial charge in [-0.1, -0.05) is 0 Å². The number of urea groups is 1. The average molecular weight is 355 g/mol. The van der Waals surface area contributed by atoms with Crippen LogP contribution in [0.3, 0.4) is 0 Å². The normalized spacial score (nSPS) is 18.6. The van der Waals surface area contributed by atoms with Crippen molar-refractivity contribution < 1.29 is 22.7 Å². The molecule has 1 unspecified atom stereocenters. The second kappa shape index (κ2) is 8.00. The number of rotatable bonds is 6. The molecule has 1 aromatic carbocycles. The van der Waals surface area contributed by atoms with Gasteiger partial charge in [-0.25, -0.2) is 13.2 Å². The van der Waals surface area contributed by atoms with Crippen molar-refractivity contribution in [1.29, 1.82) is 0 Å². The van der Waals surface area contributed by atoms with Crippen LogP contribution < -0.4 is 20.7 Å². The molecule has 24 heavy (non-hydrogen) atoms. The van der Waals surface area contributed by atoms with Gasteiger partial charge in [0.2, 0.25) is 5.91 Å². The summed E-state index contributed by atoms with van der Waals surface area (Å²) in [5.41, 5.74) is 0.640. The maximum Gasteiger partial charge on any atom is 0.315 e. The number of carbonyl (C=O) groups is 2. The summed E-state index contributed by atoms with van der Waals surface area (Å²) in [6.07, 6.45) is 0.538. The van der Waals surface area contributed by atoms with Crippen molar-refractivity contribution in [3.05, 3.63) is 24.3 Å². The standard InChI is InChI=1S/C15H21N3O5S/c1-23-13-4-2-11(3-5-13)17-14(19)6-8-16-15(20)18-12-7-9-24(21,22)10-12/h2-5,12H,6-10H2,1H3,(H,17,19)(H2,16,18,20). The maximum atomic E-state index is 11.8. The molecule has 3 amide bonds. The van der Waals surface area contributed by atoms with Gasteiger partial charge in [0.1, 0.15) is 5.75 Å². The molecule has 132 valence electrons. The quantitative estimate of drug-likeness (QED) is 0.688. The van der Waals surface area contributed by atoms with Gasteiger partial charge >= 0.3 is 6.03 Å². The molecule has 3 N–H and O–H groups in total. The monoisotopic (exact) mass is 355 g/mol. The predicted molar refractivity (Wildman–Crippen MR) is 89.8 cm³/mol. The maximum absolute atomic E-state index is 11.8. The zero-order valence-corrected chi connectivity index (χ0v) is 14.2.